The van der Waals surface area contributed by atoms with Crippen molar-refractivity contribution in [2.45, 2.75) is 25.8 Å². The molecule has 0 radical (unpaired) electrons. The minimum absolute atomic E-state index is 0.169. The van der Waals surface area contributed by atoms with Crippen LogP contribution in [-0.2, 0) is 20.2 Å². The molecule has 0 bridgehead atoms. The Morgan fingerprint density at radius 2 is 1.74 bits per heavy atom. The number of rotatable bonds is 11. The van der Waals surface area contributed by atoms with Gasteiger partial charge in [-0.2, -0.15) is 0 Å². The van der Waals surface area contributed by atoms with Gasteiger partial charge in [-0.05, 0) is 48.9 Å². The molecule has 1 atom stereocenters. The molecule has 1 aromatic heterocycles. The summed E-state index contributed by atoms with van der Waals surface area (Å²) in [6, 6.07) is 24.6. The van der Waals surface area contributed by atoms with E-state index in [2.05, 4.69) is 0 Å². The molecule has 1 heterocycles. The Morgan fingerprint density at radius 3 is 2.46 bits per heavy atom. The molecule has 0 saturated carbocycles. The monoisotopic (exact) mass is 491 g/mol. The highest BCUT2D eigenvalue weighted by Gasteiger charge is 2.30. The van der Waals surface area contributed by atoms with Crippen LogP contribution < -0.4 is 10.5 Å². The largest absolute Gasteiger partial charge is 0.487 e. The van der Waals surface area contributed by atoms with Crippen LogP contribution in [0.15, 0.2) is 78.9 Å². The number of Topliss-reactive ketones (excluding diaryl/α,β-unsaturated/α-hetero) is 1. The van der Waals surface area contributed by atoms with E-state index in [-0.39, 0.29) is 12.4 Å². The highest BCUT2D eigenvalue weighted by Crippen LogP contribution is 2.29. The lowest BCUT2D eigenvalue weighted by Gasteiger charge is -2.27. The zero-order valence-corrected chi connectivity index (χ0v) is 20.5. The van der Waals surface area contributed by atoms with Crippen molar-refractivity contribution >= 4 is 28.3 Å². The molecule has 0 saturated heterocycles. The number of carbonyl (C=O) groups is 1. The summed E-state index contributed by atoms with van der Waals surface area (Å²) >= 11 is 5.99. The smallest absolute Gasteiger partial charge is 0.208 e. The molecule has 6 nitrogen and oxygen atoms in total. The molecule has 7 heteroatoms. The number of ether oxygens (including phenoxy) is 1. The lowest BCUT2D eigenvalue weighted by Crippen LogP contribution is -2.42. The Labute approximate surface area is 210 Å². The van der Waals surface area contributed by atoms with Gasteiger partial charge in [-0.1, -0.05) is 60.1 Å². The van der Waals surface area contributed by atoms with E-state index < -0.39 is 6.23 Å². The third-order valence-corrected chi connectivity index (χ3v) is 6.37. The summed E-state index contributed by atoms with van der Waals surface area (Å²) < 4.78 is 7.96. The lowest BCUT2D eigenvalue weighted by molar-refractivity contribution is 0.00635. The summed E-state index contributed by atoms with van der Waals surface area (Å²) in [7, 11) is 1.90. The third-order valence-electron chi connectivity index (χ3n) is 6.12. The van der Waals surface area contributed by atoms with Crippen molar-refractivity contribution in [2.24, 2.45) is 12.8 Å². The quantitative estimate of drug-likeness (QED) is 0.233. The molecule has 0 amide bonds. The van der Waals surface area contributed by atoms with Crippen LogP contribution in [0.25, 0.3) is 10.9 Å². The third kappa shape index (κ3) is 5.74. The van der Waals surface area contributed by atoms with E-state index in [9.17, 15) is 9.90 Å². The number of nitrogens with zero attached hydrogens (tertiary/aromatic N) is 2. The second-order valence-electron chi connectivity index (χ2n) is 8.48. The highest BCUT2D eigenvalue weighted by atomic mass is 35.5. The first-order valence-electron chi connectivity index (χ1n) is 11.6. The van der Waals surface area contributed by atoms with Gasteiger partial charge in [0.15, 0.2) is 6.23 Å². The van der Waals surface area contributed by atoms with Crippen LogP contribution in [0.4, 0.5) is 0 Å². The molecule has 1 unspecified atom stereocenters. The molecule has 0 aliphatic rings. The Kier molecular flexibility index (Phi) is 8.21. The number of aliphatic hydroxyl groups is 1. The molecular formula is C28H30ClN3O3. The SMILES string of the molecule is Cn1c(COc2ccc(Cl)cc2)c(C(=O)C(O)N(CCCN)Cc2ccccc2)c2ccccc21. The number of fused-ring (bicyclic) bond motifs is 1. The van der Waals surface area contributed by atoms with Crippen molar-refractivity contribution in [3.63, 3.8) is 0 Å². The Balaban J connectivity index is 1.67. The van der Waals surface area contributed by atoms with Gasteiger partial charge in [-0.15, -0.1) is 0 Å². The normalized spacial score (nSPS) is 12.3. The molecule has 0 aliphatic carbocycles. The topological polar surface area (TPSA) is 80.7 Å². The zero-order chi connectivity index (χ0) is 24.8. The van der Waals surface area contributed by atoms with Crippen molar-refractivity contribution in [1.29, 1.82) is 0 Å². The first-order chi connectivity index (χ1) is 17.0. The van der Waals surface area contributed by atoms with E-state index in [0.717, 1.165) is 16.5 Å². The summed E-state index contributed by atoms with van der Waals surface area (Å²) in [5.41, 5.74) is 8.82. The number of para-hydroxylation sites is 1. The average Bonchev–Trinajstić information content (AvgIpc) is 3.17. The van der Waals surface area contributed by atoms with Gasteiger partial charge in [0.1, 0.15) is 12.4 Å². The molecule has 35 heavy (non-hydrogen) atoms. The molecule has 0 fully saturated rings. The fourth-order valence-electron chi connectivity index (χ4n) is 4.27. The summed E-state index contributed by atoms with van der Waals surface area (Å²) in [6.07, 6.45) is -0.652. The van der Waals surface area contributed by atoms with Gasteiger partial charge >= 0.3 is 0 Å². The molecule has 182 valence electrons. The molecule has 3 N–H and O–H groups in total. The number of benzene rings is 3. The summed E-state index contributed by atoms with van der Waals surface area (Å²) in [4.78, 5) is 15.6. The minimum atomic E-state index is -1.32. The van der Waals surface area contributed by atoms with E-state index >= 15 is 0 Å². The lowest BCUT2D eigenvalue weighted by atomic mass is 10.0. The number of hydrogen-bond donors (Lipinski definition) is 2. The number of hydrogen-bond acceptors (Lipinski definition) is 5. The Morgan fingerprint density at radius 1 is 1.06 bits per heavy atom. The van der Waals surface area contributed by atoms with E-state index in [1.54, 1.807) is 29.2 Å². The standard InChI is InChI=1S/C28H30ClN3O3/c1-31-24-11-6-5-10-23(24)26(25(31)19-35-22-14-12-21(29)13-15-22)27(33)28(34)32(17-7-16-30)18-20-8-3-2-4-9-20/h2-6,8-15,28,34H,7,16-19,30H2,1H3. The second-order valence-corrected chi connectivity index (χ2v) is 8.91. The number of aliphatic hydroxyl groups excluding tert-OH is 1. The van der Waals surface area contributed by atoms with Gasteiger partial charge in [0.2, 0.25) is 5.78 Å². The van der Waals surface area contributed by atoms with Crippen LogP contribution >= 0.6 is 11.6 Å². The maximum atomic E-state index is 13.8. The molecule has 3 aromatic carbocycles. The number of ketones is 1. The molecular weight excluding hydrogens is 462 g/mol. The van der Waals surface area contributed by atoms with Crippen LogP contribution in [0.2, 0.25) is 5.02 Å². The number of halogens is 1. The number of aromatic nitrogens is 1. The number of nitrogens with two attached hydrogens (primary N) is 1. The predicted molar refractivity (Wildman–Crippen MR) is 140 cm³/mol. The summed E-state index contributed by atoms with van der Waals surface area (Å²) in [5, 5.41) is 12.7. The van der Waals surface area contributed by atoms with Crippen molar-refractivity contribution in [3.05, 3.63) is 101 Å². The van der Waals surface area contributed by atoms with Crippen molar-refractivity contribution in [1.82, 2.24) is 9.47 Å². The minimum Gasteiger partial charge on any atom is -0.487 e. The van der Waals surface area contributed by atoms with Crippen molar-refractivity contribution in [2.75, 3.05) is 13.1 Å². The van der Waals surface area contributed by atoms with Crippen LogP contribution in [0, 0.1) is 0 Å². The van der Waals surface area contributed by atoms with E-state index in [0.29, 0.717) is 48.1 Å². The maximum absolute atomic E-state index is 13.8. The number of carbonyl (C=O) groups excluding carboxylic acids is 1. The van der Waals surface area contributed by atoms with Gasteiger partial charge in [0, 0.05) is 36.1 Å². The summed E-state index contributed by atoms with van der Waals surface area (Å²) in [5.74, 6) is 0.289. The van der Waals surface area contributed by atoms with Crippen LogP contribution in [0.1, 0.15) is 28.0 Å². The van der Waals surface area contributed by atoms with Gasteiger partial charge in [0.05, 0.1) is 11.3 Å². The number of aryl methyl sites for hydroxylation is 1. The Hall–Kier alpha value is -3.16. The first-order valence-corrected chi connectivity index (χ1v) is 12.0. The predicted octanol–water partition coefficient (Wildman–Crippen LogP) is 4.76. The van der Waals surface area contributed by atoms with Gasteiger partial charge in [0.25, 0.3) is 0 Å². The maximum Gasteiger partial charge on any atom is 0.208 e. The molecule has 4 rings (SSSR count). The molecule has 0 aliphatic heterocycles. The van der Waals surface area contributed by atoms with Gasteiger partial charge < -0.3 is 20.1 Å². The van der Waals surface area contributed by atoms with Crippen molar-refractivity contribution in [3.8, 4) is 5.75 Å². The zero-order valence-electron chi connectivity index (χ0n) is 19.7. The van der Waals surface area contributed by atoms with Gasteiger partial charge in [-0.3, -0.25) is 9.69 Å². The van der Waals surface area contributed by atoms with E-state index in [4.69, 9.17) is 22.1 Å². The van der Waals surface area contributed by atoms with Crippen LogP contribution in [-0.4, -0.2) is 39.7 Å². The van der Waals surface area contributed by atoms with Crippen molar-refractivity contribution < 1.29 is 14.6 Å². The fraction of sp³-hybridized carbons (Fsp3) is 0.250. The Bertz CT molecular complexity index is 1270. The second kappa shape index (κ2) is 11.5. The van der Waals surface area contributed by atoms with E-state index in [1.165, 1.54) is 0 Å². The fourth-order valence-corrected chi connectivity index (χ4v) is 4.39. The first kappa shape index (κ1) is 24.9. The average molecular weight is 492 g/mol. The van der Waals surface area contributed by atoms with Gasteiger partial charge in [-0.25, -0.2) is 0 Å². The highest BCUT2D eigenvalue weighted by molar-refractivity contribution is 6.30. The van der Waals surface area contributed by atoms with Crippen LogP contribution in [0.5, 0.6) is 5.75 Å². The van der Waals surface area contributed by atoms with E-state index in [1.807, 2.05) is 66.2 Å². The molecule has 0 spiro atoms. The summed E-state index contributed by atoms with van der Waals surface area (Å²) in [6.45, 7) is 1.58. The van der Waals surface area contributed by atoms with Crippen LogP contribution in [0.3, 0.4) is 0 Å². The molecule has 4 aromatic rings.